The van der Waals surface area contributed by atoms with E-state index in [1.54, 1.807) is 18.2 Å². The van der Waals surface area contributed by atoms with E-state index in [1.807, 2.05) is 26.0 Å². The molecule has 1 aliphatic rings. The number of nitrogens with one attached hydrogen (secondary N) is 2. The van der Waals surface area contributed by atoms with Crippen molar-refractivity contribution in [2.75, 3.05) is 11.3 Å². The maximum absolute atomic E-state index is 12.5. The van der Waals surface area contributed by atoms with Crippen LogP contribution in [0.4, 0.5) is 18.9 Å². The summed E-state index contributed by atoms with van der Waals surface area (Å²) in [5, 5.41) is 10.4. The number of sulfonamides is 1. The van der Waals surface area contributed by atoms with E-state index in [0.29, 0.717) is 17.3 Å². The second kappa shape index (κ2) is 10.0. The maximum atomic E-state index is 12.5. The van der Waals surface area contributed by atoms with Crippen LogP contribution in [0.2, 0.25) is 5.02 Å². The second-order valence-electron chi connectivity index (χ2n) is 7.34. The smallest absolute Gasteiger partial charge is 0.475 e. The van der Waals surface area contributed by atoms with E-state index in [2.05, 4.69) is 10.0 Å². The van der Waals surface area contributed by atoms with E-state index < -0.39 is 27.6 Å². The molecule has 1 amide bonds. The van der Waals surface area contributed by atoms with Crippen molar-refractivity contribution in [1.29, 1.82) is 0 Å². The van der Waals surface area contributed by atoms with Crippen LogP contribution in [0.3, 0.4) is 0 Å². The molecule has 0 unspecified atom stereocenters. The van der Waals surface area contributed by atoms with Gasteiger partial charge in [-0.2, -0.15) is 13.2 Å². The average molecular weight is 507 g/mol. The van der Waals surface area contributed by atoms with E-state index in [-0.39, 0.29) is 10.8 Å². The molecule has 0 spiro atoms. The van der Waals surface area contributed by atoms with E-state index in [1.165, 1.54) is 12.1 Å². The minimum absolute atomic E-state index is 0.0302. The van der Waals surface area contributed by atoms with Gasteiger partial charge < -0.3 is 10.4 Å². The molecule has 0 radical (unpaired) electrons. The zero-order valence-corrected chi connectivity index (χ0v) is 19.2. The number of carboxylic acids is 1. The molecule has 12 heteroatoms. The van der Waals surface area contributed by atoms with Gasteiger partial charge in [-0.15, -0.1) is 0 Å². The Morgan fingerprint density at radius 1 is 1.12 bits per heavy atom. The summed E-state index contributed by atoms with van der Waals surface area (Å²) in [7, 11) is -3.72. The van der Waals surface area contributed by atoms with Gasteiger partial charge in [-0.05, 0) is 62.1 Å². The third kappa shape index (κ3) is 6.61. The SMILES string of the molecule is CCNC(=O)C1(c2ccc(NS(=O)(=O)c3ccc(C)c(Cl)c3)cc2)CC1.O=C(O)C(F)(F)F. The number of amides is 1. The fourth-order valence-corrected chi connectivity index (χ4v) is 4.24. The summed E-state index contributed by atoms with van der Waals surface area (Å²) in [5.41, 5.74) is 1.70. The molecular weight excluding hydrogens is 485 g/mol. The number of alkyl halides is 3. The molecule has 7 nitrogen and oxygen atoms in total. The highest BCUT2D eigenvalue weighted by Crippen LogP contribution is 2.48. The van der Waals surface area contributed by atoms with Crippen molar-refractivity contribution in [3.05, 3.63) is 58.6 Å². The number of rotatable bonds is 6. The molecule has 3 rings (SSSR count). The Morgan fingerprint density at radius 2 is 1.67 bits per heavy atom. The lowest BCUT2D eigenvalue weighted by Crippen LogP contribution is -2.34. The van der Waals surface area contributed by atoms with Gasteiger partial charge in [-0.1, -0.05) is 29.8 Å². The molecular formula is C21H22ClF3N2O5S. The maximum Gasteiger partial charge on any atom is 0.490 e. The highest BCUT2D eigenvalue weighted by Gasteiger charge is 2.50. The number of hydrogen-bond donors (Lipinski definition) is 3. The number of carboxylic acid groups (broad SMARTS) is 1. The second-order valence-corrected chi connectivity index (χ2v) is 9.43. The number of carbonyl (C=O) groups is 2. The Balaban J connectivity index is 0.000000479. The topological polar surface area (TPSA) is 113 Å². The van der Waals surface area contributed by atoms with Crippen LogP contribution in [-0.2, 0) is 25.0 Å². The van der Waals surface area contributed by atoms with Gasteiger partial charge in [0.2, 0.25) is 5.91 Å². The standard InChI is InChI=1S/C19H21ClN2O3S.C2HF3O2/c1-3-21-18(23)19(10-11-19)14-5-7-15(8-6-14)22-26(24,25)16-9-4-13(2)17(20)12-16;3-2(4,5)1(6)7/h4-9,12,22H,3,10-11H2,1-2H3,(H,21,23);(H,6,7). The molecule has 1 saturated carbocycles. The molecule has 1 fully saturated rings. The molecule has 2 aromatic carbocycles. The Bertz CT molecular complexity index is 1130. The first-order chi connectivity index (χ1) is 15.2. The predicted octanol–water partition coefficient (Wildman–Crippen LogP) is 4.25. The summed E-state index contributed by atoms with van der Waals surface area (Å²) in [6.45, 7) is 4.30. The number of aryl methyl sites for hydroxylation is 1. The number of benzene rings is 2. The van der Waals surface area contributed by atoms with E-state index in [4.69, 9.17) is 21.5 Å². The van der Waals surface area contributed by atoms with Crippen LogP contribution in [0, 0.1) is 6.92 Å². The van der Waals surface area contributed by atoms with Crippen molar-refractivity contribution in [2.24, 2.45) is 0 Å². The highest BCUT2D eigenvalue weighted by atomic mass is 35.5. The first kappa shape index (κ1) is 26.5. The normalized spacial score (nSPS) is 14.5. The van der Waals surface area contributed by atoms with Crippen molar-refractivity contribution in [1.82, 2.24) is 5.32 Å². The molecule has 2 aromatic rings. The summed E-state index contributed by atoms with van der Waals surface area (Å²) in [4.78, 5) is 21.3. The zero-order chi connectivity index (χ0) is 25.0. The molecule has 3 N–H and O–H groups in total. The molecule has 0 heterocycles. The number of anilines is 1. The molecule has 0 aliphatic heterocycles. The molecule has 0 saturated heterocycles. The van der Waals surface area contributed by atoms with Crippen LogP contribution in [0.25, 0.3) is 0 Å². The van der Waals surface area contributed by atoms with Gasteiger partial charge in [0, 0.05) is 17.3 Å². The zero-order valence-electron chi connectivity index (χ0n) is 17.7. The molecule has 0 atom stereocenters. The van der Waals surface area contributed by atoms with Crippen LogP contribution < -0.4 is 10.0 Å². The Labute approximate surface area is 194 Å². The third-order valence-corrected chi connectivity index (χ3v) is 6.69. The van der Waals surface area contributed by atoms with Gasteiger partial charge in [0.05, 0.1) is 10.3 Å². The van der Waals surface area contributed by atoms with Gasteiger partial charge in [0.1, 0.15) is 0 Å². The predicted molar refractivity (Wildman–Crippen MR) is 117 cm³/mol. The molecule has 0 aromatic heterocycles. The number of halogens is 4. The molecule has 0 bridgehead atoms. The minimum Gasteiger partial charge on any atom is -0.475 e. The number of hydrogen-bond acceptors (Lipinski definition) is 4. The lowest BCUT2D eigenvalue weighted by Gasteiger charge is -2.16. The van der Waals surface area contributed by atoms with Crippen LogP contribution in [0.15, 0.2) is 47.4 Å². The lowest BCUT2D eigenvalue weighted by atomic mass is 9.95. The Kier molecular flexibility index (Phi) is 8.02. The number of carbonyl (C=O) groups excluding carboxylic acids is 1. The van der Waals surface area contributed by atoms with E-state index in [9.17, 15) is 26.4 Å². The van der Waals surface area contributed by atoms with Crippen molar-refractivity contribution >= 4 is 39.2 Å². The van der Waals surface area contributed by atoms with Crippen LogP contribution in [-0.4, -0.2) is 38.1 Å². The van der Waals surface area contributed by atoms with Gasteiger partial charge in [0.25, 0.3) is 10.0 Å². The Morgan fingerprint density at radius 3 is 2.09 bits per heavy atom. The quantitative estimate of drug-likeness (QED) is 0.542. The number of likely N-dealkylation sites (N-methyl/N-ethyl adjacent to an activating group) is 1. The average Bonchev–Trinajstić information content (AvgIpc) is 3.52. The monoisotopic (exact) mass is 506 g/mol. The summed E-state index contributed by atoms with van der Waals surface area (Å²) in [6, 6.07) is 11.6. The van der Waals surface area contributed by atoms with Crippen molar-refractivity contribution in [2.45, 2.75) is 43.2 Å². The van der Waals surface area contributed by atoms with Gasteiger partial charge in [-0.3, -0.25) is 9.52 Å². The van der Waals surface area contributed by atoms with E-state index >= 15 is 0 Å². The first-order valence-corrected chi connectivity index (χ1v) is 11.6. The molecule has 180 valence electrons. The summed E-state index contributed by atoms with van der Waals surface area (Å²) < 4.78 is 59.3. The Hall–Kier alpha value is -2.79. The van der Waals surface area contributed by atoms with Crippen LogP contribution >= 0.6 is 11.6 Å². The van der Waals surface area contributed by atoms with Crippen molar-refractivity contribution < 1.29 is 36.3 Å². The molecule has 33 heavy (non-hydrogen) atoms. The first-order valence-electron chi connectivity index (χ1n) is 9.71. The van der Waals surface area contributed by atoms with Crippen molar-refractivity contribution in [3.63, 3.8) is 0 Å². The number of aliphatic carboxylic acids is 1. The van der Waals surface area contributed by atoms with Crippen molar-refractivity contribution in [3.8, 4) is 0 Å². The molecule has 1 aliphatic carbocycles. The fraction of sp³-hybridized carbons (Fsp3) is 0.333. The van der Waals surface area contributed by atoms with Crippen LogP contribution in [0.5, 0.6) is 0 Å². The van der Waals surface area contributed by atoms with E-state index in [0.717, 1.165) is 24.0 Å². The fourth-order valence-electron chi connectivity index (χ4n) is 2.91. The van der Waals surface area contributed by atoms with Gasteiger partial charge in [0.15, 0.2) is 0 Å². The summed E-state index contributed by atoms with van der Waals surface area (Å²) >= 11 is 6.03. The minimum atomic E-state index is -5.08. The van der Waals surface area contributed by atoms with Gasteiger partial charge in [-0.25, -0.2) is 13.2 Å². The van der Waals surface area contributed by atoms with Gasteiger partial charge >= 0.3 is 12.1 Å². The summed E-state index contributed by atoms with van der Waals surface area (Å²) in [5.74, 6) is -2.73. The van der Waals surface area contributed by atoms with Crippen LogP contribution in [0.1, 0.15) is 30.9 Å². The third-order valence-electron chi connectivity index (χ3n) is 4.91. The highest BCUT2D eigenvalue weighted by molar-refractivity contribution is 7.92. The summed E-state index contributed by atoms with van der Waals surface area (Å²) in [6.07, 6.45) is -3.46. The largest absolute Gasteiger partial charge is 0.490 e. The lowest BCUT2D eigenvalue weighted by molar-refractivity contribution is -0.192.